The van der Waals surface area contributed by atoms with Gasteiger partial charge in [0.25, 0.3) is 5.91 Å². The molecule has 3 aromatic rings. The second kappa shape index (κ2) is 5.83. The van der Waals surface area contributed by atoms with E-state index in [9.17, 15) is 4.79 Å². The van der Waals surface area contributed by atoms with Gasteiger partial charge in [-0.25, -0.2) is 4.98 Å². The number of methoxy groups -OCH3 is 1. The van der Waals surface area contributed by atoms with Crippen LogP contribution in [-0.4, -0.2) is 27.8 Å². The molecule has 4 rings (SSSR count). The zero-order valence-corrected chi connectivity index (χ0v) is 15.2. The zero-order valence-electron chi connectivity index (χ0n) is 15.2. The summed E-state index contributed by atoms with van der Waals surface area (Å²) in [4.78, 5) is 17.9. The lowest BCUT2D eigenvalue weighted by Gasteiger charge is -2.30. The number of hydrogen-bond donors (Lipinski definition) is 1. The van der Waals surface area contributed by atoms with Crippen LogP contribution in [0.2, 0.25) is 0 Å². The Labute approximate surface area is 152 Å². The van der Waals surface area contributed by atoms with Crippen LogP contribution in [0.3, 0.4) is 0 Å². The van der Waals surface area contributed by atoms with Crippen molar-refractivity contribution in [1.29, 1.82) is 0 Å². The van der Waals surface area contributed by atoms with Crippen LogP contribution < -0.4 is 10.5 Å². The predicted octanol–water partition coefficient (Wildman–Crippen LogP) is 3.23. The van der Waals surface area contributed by atoms with E-state index in [4.69, 9.17) is 15.5 Å². The van der Waals surface area contributed by atoms with Crippen molar-refractivity contribution in [2.75, 3.05) is 12.8 Å². The number of aromatic nitrogens is 3. The van der Waals surface area contributed by atoms with E-state index in [0.717, 1.165) is 30.3 Å². The number of benzene rings is 1. The minimum atomic E-state index is -0.299. The molecular formula is C20H22N4O2. The van der Waals surface area contributed by atoms with Gasteiger partial charge >= 0.3 is 0 Å². The monoisotopic (exact) mass is 350 g/mol. The molecule has 134 valence electrons. The summed E-state index contributed by atoms with van der Waals surface area (Å²) in [6, 6.07) is 9.12. The number of nitrogens with zero attached hydrogens (tertiary/aromatic N) is 3. The number of ether oxygens (including phenoxy) is 1. The fraction of sp³-hybridized carbons (Fsp3) is 0.350. The van der Waals surface area contributed by atoms with Crippen molar-refractivity contribution >= 4 is 22.8 Å². The van der Waals surface area contributed by atoms with Crippen LogP contribution in [-0.2, 0) is 12.8 Å². The van der Waals surface area contributed by atoms with Crippen molar-refractivity contribution in [2.45, 2.75) is 33.1 Å². The van der Waals surface area contributed by atoms with Gasteiger partial charge in [0.1, 0.15) is 5.75 Å². The number of rotatable bonds is 2. The van der Waals surface area contributed by atoms with Gasteiger partial charge in [0.05, 0.1) is 18.1 Å². The molecular weight excluding hydrogens is 328 g/mol. The molecule has 2 N–H and O–H groups in total. The van der Waals surface area contributed by atoms with Crippen LogP contribution in [0.4, 0.5) is 5.82 Å². The minimum absolute atomic E-state index is 0.205. The van der Waals surface area contributed by atoms with E-state index in [0.29, 0.717) is 22.8 Å². The molecule has 2 heterocycles. The third-order valence-corrected chi connectivity index (χ3v) is 5.10. The van der Waals surface area contributed by atoms with Crippen LogP contribution in [0.25, 0.3) is 11.0 Å². The predicted molar refractivity (Wildman–Crippen MR) is 100 cm³/mol. The van der Waals surface area contributed by atoms with E-state index in [-0.39, 0.29) is 11.3 Å². The maximum absolute atomic E-state index is 13.1. The van der Waals surface area contributed by atoms with Crippen molar-refractivity contribution in [1.82, 2.24) is 14.8 Å². The summed E-state index contributed by atoms with van der Waals surface area (Å²) in [5.74, 6) is 0.522. The Kier molecular flexibility index (Phi) is 3.72. The highest BCUT2D eigenvalue weighted by Gasteiger charge is 2.28. The molecule has 1 aliphatic carbocycles. The highest BCUT2D eigenvalue weighted by Crippen LogP contribution is 2.36. The van der Waals surface area contributed by atoms with Gasteiger partial charge < -0.3 is 10.5 Å². The van der Waals surface area contributed by atoms with E-state index in [1.165, 1.54) is 10.2 Å². The first-order valence-electron chi connectivity index (χ1n) is 8.74. The summed E-state index contributed by atoms with van der Waals surface area (Å²) in [6.07, 6.45) is 2.96. The van der Waals surface area contributed by atoms with Crippen LogP contribution in [0, 0.1) is 5.41 Å². The number of carbonyl (C=O) groups excluding carboxylic acids is 1. The normalized spacial score (nSPS) is 15.7. The van der Waals surface area contributed by atoms with E-state index in [2.05, 4.69) is 18.9 Å². The van der Waals surface area contributed by atoms with Crippen LogP contribution in [0.15, 0.2) is 30.3 Å². The molecule has 1 aromatic carbocycles. The van der Waals surface area contributed by atoms with Crippen molar-refractivity contribution in [2.24, 2.45) is 5.41 Å². The number of hydrogen-bond acceptors (Lipinski definition) is 5. The number of nitrogens with two attached hydrogens (primary N) is 1. The average molecular weight is 350 g/mol. The second-order valence-electron chi connectivity index (χ2n) is 7.61. The third-order valence-electron chi connectivity index (χ3n) is 5.10. The molecule has 1 aliphatic rings. The molecule has 0 bridgehead atoms. The molecule has 6 heteroatoms. The number of para-hydroxylation sites is 1. The van der Waals surface area contributed by atoms with Gasteiger partial charge in [-0.1, -0.05) is 26.0 Å². The Balaban J connectivity index is 1.87. The highest BCUT2D eigenvalue weighted by atomic mass is 16.5. The summed E-state index contributed by atoms with van der Waals surface area (Å²) in [5, 5.41) is 5.00. The first-order valence-corrected chi connectivity index (χ1v) is 8.74. The average Bonchev–Trinajstić information content (AvgIpc) is 2.94. The molecule has 0 saturated heterocycles. The molecule has 0 saturated carbocycles. The molecule has 0 atom stereocenters. The quantitative estimate of drug-likeness (QED) is 0.767. The summed E-state index contributed by atoms with van der Waals surface area (Å²) in [7, 11) is 1.54. The van der Waals surface area contributed by atoms with E-state index < -0.39 is 0 Å². The van der Waals surface area contributed by atoms with Gasteiger partial charge in [-0.2, -0.15) is 4.68 Å². The Hall–Kier alpha value is -2.89. The number of nitrogen functional groups attached to an aromatic ring is 1. The van der Waals surface area contributed by atoms with Crippen molar-refractivity contribution < 1.29 is 9.53 Å². The van der Waals surface area contributed by atoms with Crippen molar-refractivity contribution in [3.8, 4) is 5.75 Å². The lowest BCUT2D eigenvalue weighted by atomic mass is 9.76. The molecule has 26 heavy (non-hydrogen) atoms. The van der Waals surface area contributed by atoms with Gasteiger partial charge in [0.15, 0.2) is 11.5 Å². The van der Waals surface area contributed by atoms with Gasteiger partial charge in [-0.3, -0.25) is 4.79 Å². The van der Waals surface area contributed by atoms with Crippen molar-refractivity contribution in [3.05, 3.63) is 47.2 Å². The molecule has 0 unspecified atom stereocenters. The van der Waals surface area contributed by atoms with Crippen LogP contribution in [0.1, 0.15) is 41.9 Å². The Morgan fingerprint density at radius 1 is 1.31 bits per heavy atom. The Morgan fingerprint density at radius 3 is 2.85 bits per heavy atom. The second-order valence-corrected chi connectivity index (χ2v) is 7.61. The van der Waals surface area contributed by atoms with Gasteiger partial charge in [0.2, 0.25) is 0 Å². The molecule has 0 radical (unpaired) electrons. The molecule has 0 aliphatic heterocycles. The SMILES string of the molecule is COc1ccccc1C(=O)n1nc(N)c2cc3c(nc21)CC(C)(C)CC3. The number of aryl methyl sites for hydroxylation is 1. The first-order chi connectivity index (χ1) is 12.4. The minimum Gasteiger partial charge on any atom is -0.496 e. The van der Waals surface area contributed by atoms with Crippen molar-refractivity contribution in [3.63, 3.8) is 0 Å². The molecule has 6 nitrogen and oxygen atoms in total. The van der Waals surface area contributed by atoms with Crippen LogP contribution >= 0.6 is 0 Å². The lowest BCUT2D eigenvalue weighted by Crippen LogP contribution is -2.23. The largest absolute Gasteiger partial charge is 0.496 e. The Morgan fingerprint density at radius 2 is 2.08 bits per heavy atom. The van der Waals surface area contributed by atoms with Gasteiger partial charge in [0, 0.05) is 5.69 Å². The van der Waals surface area contributed by atoms with E-state index in [1.807, 2.05) is 12.1 Å². The Bertz CT molecular complexity index is 1020. The number of fused-ring (bicyclic) bond motifs is 2. The molecule has 0 amide bonds. The first kappa shape index (κ1) is 16.6. The van der Waals surface area contributed by atoms with E-state index in [1.54, 1.807) is 25.3 Å². The summed E-state index contributed by atoms with van der Waals surface area (Å²) in [6.45, 7) is 4.49. The lowest BCUT2D eigenvalue weighted by molar-refractivity contribution is 0.0947. The molecule has 0 spiro atoms. The summed E-state index contributed by atoms with van der Waals surface area (Å²) >= 11 is 0. The maximum Gasteiger partial charge on any atom is 0.283 e. The standard InChI is InChI=1S/C20H22N4O2/c1-20(2)9-8-12-10-14-17(21)23-24(18(14)22-15(12)11-20)19(25)13-6-4-5-7-16(13)26-3/h4-7,10H,8-9,11H2,1-3H3,(H2,21,23). The maximum atomic E-state index is 13.1. The van der Waals surface area contributed by atoms with Gasteiger partial charge in [-0.05, 0) is 48.4 Å². The number of pyridine rings is 1. The third kappa shape index (κ3) is 2.62. The highest BCUT2D eigenvalue weighted by molar-refractivity contribution is 6.04. The van der Waals surface area contributed by atoms with E-state index >= 15 is 0 Å². The number of anilines is 1. The number of carbonyl (C=O) groups is 1. The topological polar surface area (TPSA) is 83.0 Å². The molecule has 2 aromatic heterocycles. The van der Waals surface area contributed by atoms with Crippen LogP contribution in [0.5, 0.6) is 5.75 Å². The summed E-state index contributed by atoms with van der Waals surface area (Å²) < 4.78 is 6.61. The van der Waals surface area contributed by atoms with Gasteiger partial charge in [-0.15, -0.1) is 5.10 Å². The fourth-order valence-corrected chi connectivity index (χ4v) is 3.60. The summed E-state index contributed by atoms with van der Waals surface area (Å²) in [5.41, 5.74) is 9.47. The zero-order chi connectivity index (χ0) is 18.5. The smallest absolute Gasteiger partial charge is 0.283 e. The molecule has 0 fully saturated rings. The fourth-order valence-electron chi connectivity index (χ4n) is 3.60.